The Morgan fingerprint density at radius 2 is 1.11 bits per heavy atom. The lowest BCUT2D eigenvalue weighted by Gasteiger charge is -2.40. The van der Waals surface area contributed by atoms with Gasteiger partial charge in [-0.25, -0.2) is 9.59 Å². The van der Waals surface area contributed by atoms with Crippen LogP contribution in [0.2, 0.25) is 0 Å². The van der Waals surface area contributed by atoms with Crippen molar-refractivity contribution in [1.82, 2.24) is 55.7 Å². The van der Waals surface area contributed by atoms with Gasteiger partial charge in [-0.3, -0.25) is 53.7 Å². The Balaban J connectivity index is 2.93. The number of nitrogens with zero attached hydrogens (tertiary/aromatic N) is 7. The van der Waals surface area contributed by atoms with Crippen LogP contribution in [-0.2, 0) is 49.5 Å². The summed E-state index contributed by atoms with van der Waals surface area (Å²) < 4.78 is 5.50. The highest BCUT2D eigenvalue weighted by atomic mass is 16.6. The minimum absolute atomic E-state index is 0.0483. The van der Waals surface area contributed by atoms with Crippen molar-refractivity contribution in [3.8, 4) is 0 Å². The third-order valence-corrected chi connectivity index (χ3v) is 16.0. The third kappa shape index (κ3) is 23.1. The molecule has 11 atom stereocenters. The van der Waals surface area contributed by atoms with E-state index < -0.39 is 133 Å². The molecule has 5 N–H and O–H groups in total. The van der Waals surface area contributed by atoms with Gasteiger partial charge < -0.3 is 45.4 Å². The second-order valence-electron chi connectivity index (χ2n) is 26.5. The van der Waals surface area contributed by atoms with E-state index in [4.69, 9.17) is 4.74 Å². The van der Waals surface area contributed by atoms with Crippen molar-refractivity contribution in [2.75, 3.05) is 48.8 Å². The van der Waals surface area contributed by atoms with Crippen molar-refractivity contribution < 1.29 is 53.0 Å². The maximum absolute atomic E-state index is 15.2. The van der Waals surface area contributed by atoms with E-state index in [9.17, 15) is 43.5 Å². The fourth-order valence-electron chi connectivity index (χ4n) is 11.0. The van der Waals surface area contributed by atoms with Crippen LogP contribution in [0.15, 0.2) is 18.2 Å². The van der Waals surface area contributed by atoms with Gasteiger partial charge in [-0.2, -0.15) is 0 Å². The summed E-state index contributed by atoms with van der Waals surface area (Å²) in [7, 11) is 8.92. The topological polar surface area (TPSA) is 264 Å². The molecule has 1 saturated heterocycles. The average molecular weight is 1200 g/mol. The molecule has 22 nitrogen and oxygen atoms in total. The van der Waals surface area contributed by atoms with Crippen molar-refractivity contribution in [2.24, 2.45) is 41.4 Å². The first kappa shape index (κ1) is 75.4. The standard InChI is InChI=1S/C63H111N11O11/c1-23-46-59(80)69(17)35-52(75)70(18)48(31-37(4)5)57(78)68-51(34-40(10)11)72(20)50(33-39(8)9)65-44(16)62(83)85-63(84)71(19)49(32-38(6)7)56(77)67-47(30-36(2)3)60(81)73(21)53(41(12)13)61(82)74(22)54(58(79)66-46)55(76)42(14)26-24-28-45-29-25-27-43(15)64-45/h25,27,29,36-42,44,46-51,53-55,65,76H,23-24,26,28,30-35H2,1-22H3,(H,66,79)(H,67,77)(H,68,78)/t42-,44-,46-,47-,48+,49-,50-,51+,53?,54?,55-/m1/s1. The molecule has 22 heteroatoms. The third-order valence-electron chi connectivity index (χ3n) is 16.0. The van der Waals surface area contributed by atoms with E-state index in [1.165, 1.54) is 49.9 Å². The number of aliphatic hydroxyl groups is 1. The Kier molecular flexibility index (Phi) is 31.2. The summed E-state index contributed by atoms with van der Waals surface area (Å²) in [5, 5.41) is 24.6. The minimum Gasteiger partial charge on any atom is -0.390 e. The Labute approximate surface area is 509 Å². The zero-order valence-corrected chi connectivity index (χ0v) is 55.8. The summed E-state index contributed by atoms with van der Waals surface area (Å²) in [6.45, 7) is 29.3. The zero-order valence-electron chi connectivity index (χ0n) is 55.8. The molecule has 2 heterocycles. The van der Waals surface area contributed by atoms with E-state index in [2.05, 4.69) is 26.3 Å². The van der Waals surface area contributed by atoms with Gasteiger partial charge in [-0.15, -0.1) is 0 Å². The number of nitrogens with one attached hydrogen (secondary N) is 4. The minimum atomic E-state index is -1.59. The number of amides is 8. The number of aliphatic hydroxyl groups excluding tert-OH is 1. The van der Waals surface area contributed by atoms with Crippen LogP contribution in [0.4, 0.5) is 4.79 Å². The lowest BCUT2D eigenvalue weighted by molar-refractivity contribution is -0.154. The van der Waals surface area contributed by atoms with Gasteiger partial charge in [0.25, 0.3) is 0 Å². The van der Waals surface area contributed by atoms with Crippen molar-refractivity contribution in [2.45, 2.75) is 229 Å². The number of esters is 1. The van der Waals surface area contributed by atoms with Crippen molar-refractivity contribution in [1.29, 1.82) is 0 Å². The predicted octanol–water partition coefficient (Wildman–Crippen LogP) is 5.57. The summed E-state index contributed by atoms with van der Waals surface area (Å²) in [5.41, 5.74) is 1.72. The van der Waals surface area contributed by atoms with E-state index in [0.717, 1.165) is 21.2 Å². The van der Waals surface area contributed by atoms with E-state index in [-0.39, 0.29) is 55.3 Å². The number of hydrogen-bond donors (Lipinski definition) is 5. The first-order valence-corrected chi connectivity index (χ1v) is 31.0. The fourth-order valence-corrected chi connectivity index (χ4v) is 11.0. The SMILES string of the molecule is CC[C@H]1NC(=O)C([C@H](O)[C@H](C)CCCc2cccc(C)n2)N(C)C(=O)C(C(C)C)N(C)C(=O)[C@@H](CC(C)C)NC(=O)[C@@H](CC(C)C)N(C)C(=O)OC(=O)[C@@H](C)N[C@@H](CC(C)C)N(C)[C@@H](CC(C)C)NC(=O)[C@H](CC(C)C)N(C)C(=O)CN(C)C1=O. The molecule has 0 spiro atoms. The van der Waals surface area contributed by atoms with Crippen LogP contribution in [0.1, 0.15) is 167 Å². The molecular formula is C63H111N11O11. The van der Waals surface area contributed by atoms with E-state index in [0.29, 0.717) is 32.1 Å². The van der Waals surface area contributed by atoms with Crippen LogP contribution in [0.3, 0.4) is 0 Å². The molecule has 2 rings (SSSR count). The lowest BCUT2D eigenvalue weighted by atomic mass is 9.90. The Hall–Kier alpha value is -5.74. The van der Waals surface area contributed by atoms with Gasteiger partial charge >= 0.3 is 12.1 Å². The maximum Gasteiger partial charge on any atom is 0.417 e. The molecular weight excluding hydrogens is 1090 g/mol. The van der Waals surface area contributed by atoms with Gasteiger partial charge in [0.2, 0.25) is 41.4 Å². The Bertz CT molecular complexity index is 2370. The number of aryl methyl sites for hydroxylation is 2. The van der Waals surface area contributed by atoms with Crippen LogP contribution in [-0.4, -0.2) is 202 Å². The molecule has 1 aromatic rings. The molecule has 85 heavy (non-hydrogen) atoms. The molecule has 0 radical (unpaired) electrons. The predicted molar refractivity (Wildman–Crippen MR) is 330 cm³/mol. The molecule has 2 unspecified atom stereocenters. The normalized spacial score (nSPS) is 25.6. The summed E-state index contributed by atoms with van der Waals surface area (Å²) in [6, 6.07) is -2.81. The molecule has 0 aliphatic carbocycles. The molecule has 1 aliphatic heterocycles. The number of likely N-dealkylation sites (N-methyl/N-ethyl adjacent to an activating group) is 5. The summed E-state index contributed by atoms with van der Waals surface area (Å²) in [6.07, 6.45) is -0.627. The second kappa shape index (κ2) is 35.2. The van der Waals surface area contributed by atoms with Crippen molar-refractivity contribution in [3.05, 3.63) is 29.6 Å². The number of carbonyl (C=O) groups is 9. The van der Waals surface area contributed by atoms with E-state index in [1.54, 1.807) is 34.6 Å². The molecule has 0 saturated carbocycles. The molecule has 484 valence electrons. The molecule has 1 aliphatic rings. The molecule has 8 amide bonds. The number of ether oxygens (including phenoxy) is 1. The average Bonchev–Trinajstić information content (AvgIpc) is 2.51. The summed E-state index contributed by atoms with van der Waals surface area (Å²) >= 11 is 0. The van der Waals surface area contributed by atoms with Crippen LogP contribution in [0.25, 0.3) is 0 Å². The summed E-state index contributed by atoms with van der Waals surface area (Å²) in [4.78, 5) is 144. The number of aromatic nitrogens is 1. The lowest BCUT2D eigenvalue weighted by Crippen LogP contribution is -2.63. The van der Waals surface area contributed by atoms with Gasteiger partial charge in [0.1, 0.15) is 42.3 Å². The van der Waals surface area contributed by atoms with Crippen molar-refractivity contribution >= 4 is 53.4 Å². The summed E-state index contributed by atoms with van der Waals surface area (Å²) in [5.74, 6) is -6.76. The van der Waals surface area contributed by atoms with Gasteiger partial charge in [-0.1, -0.05) is 103 Å². The Morgan fingerprint density at radius 1 is 0.600 bits per heavy atom. The highest BCUT2D eigenvalue weighted by Crippen LogP contribution is 2.25. The molecule has 0 aromatic carbocycles. The smallest absolute Gasteiger partial charge is 0.390 e. The molecule has 1 fully saturated rings. The van der Waals surface area contributed by atoms with Crippen LogP contribution >= 0.6 is 0 Å². The quantitative estimate of drug-likeness (QED) is 0.0890. The molecule has 1 aromatic heterocycles. The van der Waals surface area contributed by atoms with Crippen LogP contribution in [0, 0.1) is 48.3 Å². The van der Waals surface area contributed by atoms with E-state index in [1.807, 2.05) is 106 Å². The number of carbonyl (C=O) groups excluding carboxylic acids is 9. The van der Waals surface area contributed by atoms with Gasteiger partial charge in [0.15, 0.2) is 0 Å². The van der Waals surface area contributed by atoms with Crippen LogP contribution in [0.5, 0.6) is 0 Å². The number of rotatable bonds is 18. The van der Waals surface area contributed by atoms with Gasteiger partial charge in [-0.05, 0) is 132 Å². The maximum atomic E-state index is 15.2. The number of pyridine rings is 1. The largest absolute Gasteiger partial charge is 0.417 e. The second-order valence-corrected chi connectivity index (χ2v) is 26.5. The fraction of sp³-hybridized carbons (Fsp3) is 0.778. The first-order valence-electron chi connectivity index (χ1n) is 31.0. The monoisotopic (exact) mass is 1200 g/mol. The number of hydrogen-bond acceptors (Lipinski definition) is 14. The number of cyclic esters (lactones) is 2. The van der Waals surface area contributed by atoms with Gasteiger partial charge in [0.05, 0.1) is 25.0 Å². The highest BCUT2D eigenvalue weighted by molar-refractivity contribution is 5.97. The molecule has 0 bridgehead atoms. The van der Waals surface area contributed by atoms with E-state index >= 15 is 4.79 Å². The zero-order chi connectivity index (χ0) is 65.1. The first-order chi connectivity index (χ1) is 39.4. The van der Waals surface area contributed by atoms with Gasteiger partial charge in [0, 0.05) is 46.6 Å². The van der Waals surface area contributed by atoms with Crippen LogP contribution < -0.4 is 21.3 Å². The highest BCUT2D eigenvalue weighted by Gasteiger charge is 2.44. The Morgan fingerprint density at radius 3 is 1.62 bits per heavy atom. The van der Waals surface area contributed by atoms with Crippen molar-refractivity contribution in [3.63, 3.8) is 0 Å².